The largest absolute Gasteiger partial charge is 0.496 e. The van der Waals surface area contributed by atoms with E-state index >= 15 is 0 Å². The lowest BCUT2D eigenvalue weighted by atomic mass is 10.1. The standard InChI is InChI=1S/C20H21N3O3.C2H6/c1-14-12-16(5-6-17(14)25-2)19-18(23-13-26-19)20(24)22-9-3-4-15-7-10-21-11-8-15;1-2/h5-8,10-13H,3-4,9H2,1-2H3,(H,22,24);1-2H3. The minimum Gasteiger partial charge on any atom is -0.496 e. The minimum absolute atomic E-state index is 0.239. The Morgan fingerprint density at radius 3 is 2.61 bits per heavy atom. The maximum atomic E-state index is 12.5. The minimum atomic E-state index is -0.239. The molecule has 0 saturated heterocycles. The molecule has 1 amide bonds. The van der Waals surface area contributed by atoms with Gasteiger partial charge in [0.2, 0.25) is 0 Å². The summed E-state index contributed by atoms with van der Waals surface area (Å²) in [6, 6.07) is 9.57. The van der Waals surface area contributed by atoms with Gasteiger partial charge in [-0.2, -0.15) is 0 Å². The third-order valence-electron chi connectivity index (χ3n) is 4.12. The first-order valence-corrected chi connectivity index (χ1v) is 9.44. The molecule has 0 saturated carbocycles. The van der Waals surface area contributed by atoms with Crippen LogP contribution in [0.2, 0.25) is 0 Å². The molecule has 1 aromatic carbocycles. The Balaban J connectivity index is 0.00000136. The highest BCUT2D eigenvalue weighted by molar-refractivity contribution is 5.97. The van der Waals surface area contributed by atoms with Crippen LogP contribution >= 0.6 is 0 Å². The number of methoxy groups -OCH3 is 1. The zero-order valence-electron chi connectivity index (χ0n) is 16.9. The van der Waals surface area contributed by atoms with Crippen LogP contribution in [0.15, 0.2) is 53.5 Å². The van der Waals surface area contributed by atoms with E-state index in [9.17, 15) is 4.79 Å². The summed E-state index contributed by atoms with van der Waals surface area (Å²) >= 11 is 0. The molecule has 0 aliphatic carbocycles. The molecule has 2 heterocycles. The van der Waals surface area contributed by atoms with Crippen LogP contribution in [0, 0.1) is 6.92 Å². The molecule has 0 aliphatic rings. The number of hydrogen-bond donors (Lipinski definition) is 1. The van der Waals surface area contributed by atoms with E-state index in [1.807, 2.05) is 51.1 Å². The van der Waals surface area contributed by atoms with Crippen LogP contribution in [-0.4, -0.2) is 29.5 Å². The van der Waals surface area contributed by atoms with Gasteiger partial charge in [0.15, 0.2) is 17.8 Å². The number of carbonyl (C=O) groups is 1. The number of ether oxygens (including phenoxy) is 1. The predicted octanol–water partition coefficient (Wildman–Crippen LogP) is 4.44. The topological polar surface area (TPSA) is 77.2 Å². The van der Waals surface area contributed by atoms with E-state index in [1.165, 1.54) is 12.0 Å². The molecule has 0 fully saturated rings. The van der Waals surface area contributed by atoms with Gasteiger partial charge >= 0.3 is 0 Å². The summed E-state index contributed by atoms with van der Waals surface area (Å²) < 4.78 is 10.7. The molecule has 6 nitrogen and oxygen atoms in total. The van der Waals surface area contributed by atoms with Crippen molar-refractivity contribution in [3.05, 3.63) is 65.9 Å². The second-order valence-electron chi connectivity index (χ2n) is 5.93. The molecule has 3 aromatic rings. The van der Waals surface area contributed by atoms with Crippen molar-refractivity contribution in [3.63, 3.8) is 0 Å². The van der Waals surface area contributed by atoms with Gasteiger partial charge in [-0.25, -0.2) is 4.98 Å². The molecule has 6 heteroatoms. The highest BCUT2D eigenvalue weighted by Gasteiger charge is 2.18. The Hall–Kier alpha value is -3.15. The number of benzene rings is 1. The molecule has 0 unspecified atom stereocenters. The van der Waals surface area contributed by atoms with Crippen LogP contribution in [0.5, 0.6) is 5.75 Å². The van der Waals surface area contributed by atoms with Crippen molar-refractivity contribution >= 4 is 5.91 Å². The number of hydrogen-bond acceptors (Lipinski definition) is 5. The summed E-state index contributed by atoms with van der Waals surface area (Å²) in [5, 5.41) is 2.90. The molecule has 0 bridgehead atoms. The molecule has 148 valence electrons. The second-order valence-corrected chi connectivity index (χ2v) is 5.93. The average molecular weight is 381 g/mol. The summed E-state index contributed by atoms with van der Waals surface area (Å²) in [6.45, 7) is 6.51. The fourth-order valence-corrected chi connectivity index (χ4v) is 2.76. The van der Waals surface area contributed by atoms with Crippen molar-refractivity contribution in [1.82, 2.24) is 15.3 Å². The van der Waals surface area contributed by atoms with Crippen molar-refractivity contribution in [3.8, 4) is 17.1 Å². The summed E-state index contributed by atoms with van der Waals surface area (Å²) in [5.74, 6) is 1.01. The summed E-state index contributed by atoms with van der Waals surface area (Å²) in [7, 11) is 1.63. The lowest BCUT2D eigenvalue weighted by Crippen LogP contribution is -2.25. The van der Waals surface area contributed by atoms with Gasteiger partial charge in [0.05, 0.1) is 7.11 Å². The van der Waals surface area contributed by atoms with E-state index in [4.69, 9.17) is 9.15 Å². The van der Waals surface area contributed by atoms with Gasteiger partial charge in [-0.1, -0.05) is 13.8 Å². The lowest BCUT2D eigenvalue weighted by molar-refractivity contribution is 0.0949. The van der Waals surface area contributed by atoms with Crippen LogP contribution in [0.25, 0.3) is 11.3 Å². The highest BCUT2D eigenvalue weighted by Crippen LogP contribution is 2.28. The molecular formula is C22H27N3O3. The van der Waals surface area contributed by atoms with E-state index in [0.29, 0.717) is 18.0 Å². The van der Waals surface area contributed by atoms with Gasteiger partial charge in [-0.15, -0.1) is 0 Å². The fourth-order valence-electron chi connectivity index (χ4n) is 2.76. The maximum absolute atomic E-state index is 12.5. The Morgan fingerprint density at radius 2 is 1.93 bits per heavy atom. The van der Waals surface area contributed by atoms with Crippen molar-refractivity contribution in [1.29, 1.82) is 0 Å². The molecule has 0 spiro atoms. The van der Waals surface area contributed by atoms with E-state index in [0.717, 1.165) is 29.7 Å². The van der Waals surface area contributed by atoms with Crippen LogP contribution in [0.4, 0.5) is 0 Å². The molecule has 0 radical (unpaired) electrons. The average Bonchev–Trinajstić information content (AvgIpc) is 3.23. The van der Waals surface area contributed by atoms with Gasteiger partial charge in [-0.3, -0.25) is 9.78 Å². The number of carbonyl (C=O) groups excluding carboxylic acids is 1. The number of aromatic nitrogens is 2. The Bertz CT molecular complexity index is 876. The highest BCUT2D eigenvalue weighted by atomic mass is 16.5. The normalized spacial score (nSPS) is 10.0. The summed E-state index contributed by atoms with van der Waals surface area (Å²) in [4.78, 5) is 20.5. The number of nitrogens with zero attached hydrogens (tertiary/aromatic N) is 2. The van der Waals surface area contributed by atoms with E-state index in [-0.39, 0.29) is 5.91 Å². The van der Waals surface area contributed by atoms with Gasteiger partial charge < -0.3 is 14.5 Å². The number of nitrogens with one attached hydrogen (secondary N) is 1. The number of pyridine rings is 1. The second kappa shape index (κ2) is 10.9. The van der Waals surface area contributed by atoms with Crippen molar-refractivity contribution in [2.24, 2.45) is 0 Å². The SMILES string of the molecule is CC.COc1ccc(-c2ocnc2C(=O)NCCCc2ccncc2)cc1C. The van der Waals surface area contributed by atoms with Gasteiger partial charge in [0.25, 0.3) is 5.91 Å². The first-order valence-electron chi connectivity index (χ1n) is 9.44. The quantitative estimate of drug-likeness (QED) is 0.612. The van der Waals surface area contributed by atoms with E-state index in [2.05, 4.69) is 15.3 Å². The predicted molar refractivity (Wildman–Crippen MR) is 109 cm³/mol. The smallest absolute Gasteiger partial charge is 0.273 e. The zero-order valence-corrected chi connectivity index (χ0v) is 16.9. The Labute approximate surface area is 166 Å². The van der Waals surface area contributed by atoms with Crippen LogP contribution in [-0.2, 0) is 6.42 Å². The number of oxazole rings is 1. The van der Waals surface area contributed by atoms with Crippen LogP contribution in [0.1, 0.15) is 41.9 Å². The van der Waals surface area contributed by atoms with Crippen LogP contribution in [0.3, 0.4) is 0 Å². The third-order valence-corrected chi connectivity index (χ3v) is 4.12. The number of rotatable bonds is 7. The molecule has 0 atom stereocenters. The van der Waals surface area contributed by atoms with Crippen molar-refractivity contribution in [2.45, 2.75) is 33.6 Å². The molecular weight excluding hydrogens is 354 g/mol. The summed E-state index contributed by atoms with van der Waals surface area (Å²) in [6.07, 6.45) is 6.55. The fraction of sp³-hybridized carbons (Fsp3) is 0.318. The first-order chi connectivity index (χ1) is 13.7. The van der Waals surface area contributed by atoms with Gasteiger partial charge in [0, 0.05) is 24.5 Å². The third kappa shape index (κ3) is 5.42. The first kappa shape index (κ1) is 21.2. The molecule has 0 aliphatic heterocycles. The molecule has 3 rings (SSSR count). The maximum Gasteiger partial charge on any atom is 0.273 e. The zero-order chi connectivity index (χ0) is 20.4. The monoisotopic (exact) mass is 381 g/mol. The van der Waals surface area contributed by atoms with Gasteiger partial charge in [-0.05, 0) is 61.2 Å². The Kier molecular flexibility index (Phi) is 8.21. The van der Waals surface area contributed by atoms with E-state index in [1.54, 1.807) is 19.5 Å². The summed E-state index contributed by atoms with van der Waals surface area (Å²) in [5.41, 5.74) is 3.25. The lowest BCUT2D eigenvalue weighted by Gasteiger charge is -2.07. The molecule has 2 aromatic heterocycles. The number of aryl methyl sites for hydroxylation is 2. The van der Waals surface area contributed by atoms with Gasteiger partial charge in [0.1, 0.15) is 5.75 Å². The van der Waals surface area contributed by atoms with Crippen molar-refractivity contribution < 1.29 is 13.9 Å². The van der Waals surface area contributed by atoms with E-state index < -0.39 is 0 Å². The molecule has 28 heavy (non-hydrogen) atoms. The molecule has 1 N–H and O–H groups in total. The number of amides is 1. The van der Waals surface area contributed by atoms with Crippen LogP contribution < -0.4 is 10.1 Å². The Morgan fingerprint density at radius 1 is 1.18 bits per heavy atom. The van der Waals surface area contributed by atoms with Crippen molar-refractivity contribution in [2.75, 3.05) is 13.7 Å².